The number of aromatic nitrogens is 4. The molecule has 1 atom stereocenters. The van der Waals surface area contributed by atoms with Gasteiger partial charge in [0, 0.05) is 12.1 Å². The van der Waals surface area contributed by atoms with E-state index in [9.17, 15) is 9.59 Å². The molecular weight excluding hydrogens is 308 g/mol. The third kappa shape index (κ3) is 4.61. The van der Waals surface area contributed by atoms with E-state index in [2.05, 4.69) is 26.0 Å². The van der Waals surface area contributed by atoms with Gasteiger partial charge in [-0.15, -0.1) is 10.2 Å². The highest BCUT2D eigenvalue weighted by Gasteiger charge is 2.16. The van der Waals surface area contributed by atoms with E-state index >= 15 is 0 Å². The number of hydrogen-bond donors (Lipinski definition) is 2. The van der Waals surface area contributed by atoms with Gasteiger partial charge in [-0.3, -0.25) is 9.59 Å². The molecule has 0 bridgehead atoms. The Morgan fingerprint density at radius 2 is 2.04 bits per heavy atom. The molecule has 8 nitrogen and oxygen atoms in total. The molecule has 0 unspecified atom stereocenters. The number of carbonyl (C=O) groups is 2. The number of tetrazole rings is 1. The molecule has 0 aliphatic carbocycles. The van der Waals surface area contributed by atoms with Gasteiger partial charge in [0.05, 0.1) is 0 Å². The third-order valence-electron chi connectivity index (χ3n) is 3.44. The van der Waals surface area contributed by atoms with Crippen LogP contribution in [0, 0.1) is 6.92 Å². The van der Waals surface area contributed by atoms with Gasteiger partial charge in [0.25, 0.3) is 0 Å². The van der Waals surface area contributed by atoms with Crippen molar-refractivity contribution in [3.63, 3.8) is 0 Å². The summed E-state index contributed by atoms with van der Waals surface area (Å²) in [7, 11) is 0. The van der Waals surface area contributed by atoms with Crippen LogP contribution in [0.2, 0.25) is 0 Å². The maximum atomic E-state index is 12.0. The minimum absolute atomic E-state index is 0.0930. The molecule has 2 aromatic rings. The van der Waals surface area contributed by atoms with Crippen molar-refractivity contribution in [3.8, 4) is 11.4 Å². The summed E-state index contributed by atoms with van der Waals surface area (Å²) in [6.45, 7) is 6.05. The Morgan fingerprint density at radius 1 is 1.29 bits per heavy atom. The van der Waals surface area contributed by atoms with Crippen molar-refractivity contribution in [2.75, 3.05) is 6.54 Å². The van der Waals surface area contributed by atoms with E-state index in [0.717, 1.165) is 17.5 Å². The van der Waals surface area contributed by atoms with Crippen LogP contribution in [0.1, 0.15) is 25.8 Å². The van der Waals surface area contributed by atoms with Crippen LogP contribution in [-0.4, -0.2) is 44.6 Å². The largest absolute Gasteiger partial charge is 0.354 e. The molecule has 0 aliphatic heterocycles. The molecule has 0 spiro atoms. The van der Waals surface area contributed by atoms with Crippen LogP contribution < -0.4 is 10.6 Å². The van der Waals surface area contributed by atoms with Gasteiger partial charge in [-0.1, -0.05) is 31.2 Å². The minimum atomic E-state index is -0.608. The maximum absolute atomic E-state index is 12.0. The second-order valence-electron chi connectivity index (χ2n) is 5.54. The van der Waals surface area contributed by atoms with E-state index in [-0.39, 0.29) is 18.4 Å². The summed E-state index contributed by atoms with van der Waals surface area (Å²) in [4.78, 5) is 25.0. The van der Waals surface area contributed by atoms with Gasteiger partial charge in [-0.05, 0) is 31.0 Å². The molecule has 1 aromatic heterocycles. The Labute approximate surface area is 140 Å². The third-order valence-corrected chi connectivity index (χ3v) is 3.44. The summed E-state index contributed by atoms with van der Waals surface area (Å²) in [6.07, 6.45) is 0.844. The average Bonchev–Trinajstić information content (AvgIpc) is 3.00. The molecule has 1 heterocycles. The van der Waals surface area contributed by atoms with Crippen LogP contribution in [0.15, 0.2) is 24.3 Å². The molecule has 0 fully saturated rings. The summed E-state index contributed by atoms with van der Waals surface area (Å²) >= 11 is 0. The lowest BCUT2D eigenvalue weighted by Gasteiger charge is -2.13. The first-order valence-corrected chi connectivity index (χ1v) is 7.92. The molecule has 2 rings (SSSR count). The van der Waals surface area contributed by atoms with E-state index in [4.69, 9.17) is 0 Å². The standard InChI is InChI=1S/C16H22N6O2/c1-4-9-17-16(24)12(3)18-14(23)10-22-20-15(19-21-22)13-8-6-5-7-11(13)2/h5-8,12H,4,9-10H2,1-3H3,(H,17,24)(H,18,23)/t12-/m0/s1. The molecule has 1 aromatic carbocycles. The van der Waals surface area contributed by atoms with Crippen molar-refractivity contribution in [2.24, 2.45) is 0 Å². The second-order valence-corrected chi connectivity index (χ2v) is 5.54. The topological polar surface area (TPSA) is 102 Å². The highest BCUT2D eigenvalue weighted by Crippen LogP contribution is 2.17. The fourth-order valence-corrected chi connectivity index (χ4v) is 2.12. The quantitative estimate of drug-likeness (QED) is 0.777. The molecule has 2 amide bonds. The van der Waals surface area contributed by atoms with Gasteiger partial charge < -0.3 is 10.6 Å². The molecule has 128 valence electrons. The van der Waals surface area contributed by atoms with Crippen molar-refractivity contribution in [1.29, 1.82) is 0 Å². The summed E-state index contributed by atoms with van der Waals surface area (Å²) < 4.78 is 0. The summed E-state index contributed by atoms with van der Waals surface area (Å²) in [5, 5.41) is 17.4. The van der Waals surface area contributed by atoms with E-state index in [1.54, 1.807) is 6.92 Å². The number of nitrogens with one attached hydrogen (secondary N) is 2. The highest BCUT2D eigenvalue weighted by atomic mass is 16.2. The lowest BCUT2D eigenvalue weighted by atomic mass is 10.1. The predicted octanol–water partition coefficient (Wildman–Crippen LogP) is 0.679. The number of benzene rings is 1. The van der Waals surface area contributed by atoms with Crippen LogP contribution >= 0.6 is 0 Å². The zero-order valence-corrected chi connectivity index (χ0v) is 14.1. The SMILES string of the molecule is CCCNC(=O)[C@H](C)NC(=O)Cn1nnc(-c2ccccc2C)n1. The van der Waals surface area contributed by atoms with Gasteiger partial charge in [-0.2, -0.15) is 4.80 Å². The number of aryl methyl sites for hydroxylation is 1. The first kappa shape index (κ1) is 17.6. The van der Waals surface area contributed by atoms with Crippen LogP contribution in [0.25, 0.3) is 11.4 Å². The number of amides is 2. The van der Waals surface area contributed by atoms with Gasteiger partial charge >= 0.3 is 0 Å². The molecule has 0 aliphatic rings. The molecule has 8 heteroatoms. The van der Waals surface area contributed by atoms with E-state index < -0.39 is 6.04 Å². The number of rotatable bonds is 7. The molecule has 0 saturated carbocycles. The van der Waals surface area contributed by atoms with Crippen LogP contribution in [0.4, 0.5) is 0 Å². The molecule has 24 heavy (non-hydrogen) atoms. The smallest absolute Gasteiger partial charge is 0.244 e. The van der Waals surface area contributed by atoms with E-state index in [0.29, 0.717) is 12.4 Å². The zero-order chi connectivity index (χ0) is 17.5. The Bertz CT molecular complexity index is 712. The van der Waals surface area contributed by atoms with Gasteiger partial charge in [0.15, 0.2) is 0 Å². The zero-order valence-electron chi connectivity index (χ0n) is 14.1. The van der Waals surface area contributed by atoms with E-state index in [1.165, 1.54) is 4.80 Å². The minimum Gasteiger partial charge on any atom is -0.354 e. The Balaban J connectivity index is 1.93. The normalized spacial score (nSPS) is 11.8. The van der Waals surface area contributed by atoms with Crippen LogP contribution in [0.3, 0.4) is 0 Å². The Hall–Kier alpha value is -2.77. The monoisotopic (exact) mass is 330 g/mol. The Kier molecular flexibility index (Phi) is 6.00. The number of carbonyl (C=O) groups excluding carboxylic acids is 2. The lowest BCUT2D eigenvalue weighted by Crippen LogP contribution is -2.46. The van der Waals surface area contributed by atoms with Gasteiger partial charge in [0.1, 0.15) is 12.6 Å². The molecule has 2 N–H and O–H groups in total. The molecular formula is C16H22N6O2. The molecule has 0 saturated heterocycles. The van der Waals surface area contributed by atoms with Crippen molar-refractivity contribution in [1.82, 2.24) is 30.8 Å². The molecule has 0 radical (unpaired) electrons. The van der Waals surface area contributed by atoms with Gasteiger partial charge in [-0.25, -0.2) is 0 Å². The fourth-order valence-electron chi connectivity index (χ4n) is 2.12. The van der Waals surface area contributed by atoms with Crippen molar-refractivity contribution >= 4 is 11.8 Å². The Morgan fingerprint density at radius 3 is 2.75 bits per heavy atom. The number of nitrogens with zero attached hydrogens (tertiary/aromatic N) is 4. The number of hydrogen-bond acceptors (Lipinski definition) is 5. The first-order valence-electron chi connectivity index (χ1n) is 7.92. The summed E-state index contributed by atoms with van der Waals surface area (Å²) in [5.41, 5.74) is 1.90. The van der Waals surface area contributed by atoms with Gasteiger partial charge in [0.2, 0.25) is 17.6 Å². The van der Waals surface area contributed by atoms with E-state index in [1.807, 2.05) is 38.1 Å². The average molecular weight is 330 g/mol. The summed E-state index contributed by atoms with van der Waals surface area (Å²) in [5.74, 6) is -0.0881. The van der Waals surface area contributed by atoms with Crippen molar-refractivity contribution < 1.29 is 9.59 Å². The van der Waals surface area contributed by atoms with Crippen LogP contribution in [-0.2, 0) is 16.1 Å². The second kappa shape index (κ2) is 8.19. The predicted molar refractivity (Wildman–Crippen MR) is 88.9 cm³/mol. The van der Waals surface area contributed by atoms with Crippen molar-refractivity contribution in [2.45, 2.75) is 39.8 Å². The fraction of sp³-hybridized carbons (Fsp3) is 0.438. The first-order chi connectivity index (χ1) is 11.5. The maximum Gasteiger partial charge on any atom is 0.244 e. The highest BCUT2D eigenvalue weighted by molar-refractivity contribution is 5.87. The van der Waals surface area contributed by atoms with Crippen molar-refractivity contribution in [3.05, 3.63) is 29.8 Å². The van der Waals surface area contributed by atoms with Crippen LogP contribution in [0.5, 0.6) is 0 Å². The lowest BCUT2D eigenvalue weighted by molar-refractivity contribution is -0.129. The summed E-state index contributed by atoms with van der Waals surface area (Å²) in [6, 6.07) is 7.08.